The van der Waals surface area contributed by atoms with Crippen LogP contribution in [0.4, 0.5) is 5.69 Å². The molecule has 0 aliphatic heterocycles. The molecule has 0 radical (unpaired) electrons. The van der Waals surface area contributed by atoms with Crippen LogP contribution in [0, 0.1) is 22.0 Å². The molecule has 0 aromatic heterocycles. The van der Waals surface area contributed by atoms with Gasteiger partial charge in [-0.25, -0.2) is 0 Å². The van der Waals surface area contributed by atoms with Crippen LogP contribution in [0.5, 0.6) is 0 Å². The lowest BCUT2D eigenvalue weighted by Gasteiger charge is -2.26. The molecule has 21 heavy (non-hydrogen) atoms. The Bertz CT molecular complexity index is 485. The van der Waals surface area contributed by atoms with Gasteiger partial charge in [-0.1, -0.05) is 44.2 Å². The maximum Gasteiger partial charge on any atom is 0.275 e. The van der Waals surface area contributed by atoms with E-state index in [4.69, 9.17) is 11.6 Å². The first-order valence-corrected chi connectivity index (χ1v) is 8.07. The van der Waals surface area contributed by atoms with Gasteiger partial charge in [-0.2, -0.15) is 0 Å². The topological polar surface area (TPSA) is 55.2 Å². The van der Waals surface area contributed by atoms with Crippen LogP contribution in [0.2, 0.25) is 5.02 Å². The van der Waals surface area contributed by atoms with Gasteiger partial charge in [0, 0.05) is 23.2 Å². The molecule has 1 fully saturated rings. The number of nitro benzene ring substituents is 1. The Hall–Kier alpha value is -1.13. The zero-order valence-corrected chi connectivity index (χ0v) is 13.2. The summed E-state index contributed by atoms with van der Waals surface area (Å²) in [6, 6.07) is 4.85. The van der Waals surface area contributed by atoms with Crippen molar-refractivity contribution in [1.29, 1.82) is 0 Å². The molecule has 1 saturated carbocycles. The van der Waals surface area contributed by atoms with Crippen LogP contribution in [0.3, 0.4) is 0 Å². The fourth-order valence-electron chi connectivity index (χ4n) is 3.00. The lowest BCUT2D eigenvalue weighted by atomic mass is 9.81. The molecule has 1 aliphatic carbocycles. The van der Waals surface area contributed by atoms with E-state index in [1.165, 1.54) is 31.7 Å². The number of nitrogens with zero attached hydrogens (tertiary/aromatic N) is 1. The third kappa shape index (κ3) is 4.97. The second-order valence-electron chi connectivity index (χ2n) is 6.12. The fourth-order valence-corrected chi connectivity index (χ4v) is 3.17. The predicted octanol–water partition coefficient (Wildman–Crippen LogP) is 4.55. The first kappa shape index (κ1) is 16.2. The molecule has 4 nitrogen and oxygen atoms in total. The van der Waals surface area contributed by atoms with Crippen molar-refractivity contribution in [2.24, 2.45) is 11.8 Å². The third-order valence-corrected chi connectivity index (χ3v) is 4.66. The number of halogens is 1. The molecular formula is C16H23ClN2O2. The molecule has 1 aromatic carbocycles. The smallest absolute Gasteiger partial charge is 0.275 e. The van der Waals surface area contributed by atoms with Crippen molar-refractivity contribution < 1.29 is 4.92 Å². The van der Waals surface area contributed by atoms with Crippen molar-refractivity contribution in [2.75, 3.05) is 6.54 Å². The second kappa shape index (κ2) is 7.76. The number of nitrogens with one attached hydrogen (secondary N) is 1. The van der Waals surface area contributed by atoms with Gasteiger partial charge in [0.15, 0.2) is 0 Å². The maximum atomic E-state index is 11.0. The van der Waals surface area contributed by atoms with Crippen molar-refractivity contribution in [3.8, 4) is 0 Å². The average molecular weight is 311 g/mol. The average Bonchev–Trinajstić information content (AvgIpc) is 2.46. The zero-order chi connectivity index (χ0) is 15.2. The zero-order valence-electron chi connectivity index (χ0n) is 12.5. The Labute approximate surface area is 131 Å². The minimum absolute atomic E-state index is 0.0986. The van der Waals surface area contributed by atoms with E-state index in [0.717, 1.165) is 24.8 Å². The van der Waals surface area contributed by atoms with Gasteiger partial charge < -0.3 is 5.32 Å². The molecule has 0 unspecified atom stereocenters. The van der Waals surface area contributed by atoms with Crippen LogP contribution in [0.15, 0.2) is 18.2 Å². The van der Waals surface area contributed by atoms with E-state index in [9.17, 15) is 10.1 Å². The molecule has 116 valence electrons. The summed E-state index contributed by atoms with van der Waals surface area (Å²) in [7, 11) is 0. The number of nitro groups is 1. The number of hydrogen-bond acceptors (Lipinski definition) is 3. The molecule has 0 heterocycles. The van der Waals surface area contributed by atoms with E-state index in [0.29, 0.717) is 17.1 Å². The number of rotatable bonds is 6. The van der Waals surface area contributed by atoms with Gasteiger partial charge >= 0.3 is 0 Å². The molecule has 1 aliphatic rings. The van der Waals surface area contributed by atoms with Gasteiger partial charge in [0.05, 0.1) is 4.92 Å². The number of hydrogen-bond donors (Lipinski definition) is 1. The largest absolute Gasteiger partial charge is 0.312 e. The highest BCUT2D eigenvalue weighted by Gasteiger charge is 2.18. The lowest BCUT2D eigenvalue weighted by Crippen LogP contribution is -2.21. The minimum atomic E-state index is -0.370. The molecule has 0 atom stereocenters. The Morgan fingerprint density at radius 1 is 1.33 bits per heavy atom. The molecule has 1 N–H and O–H groups in total. The highest BCUT2D eigenvalue weighted by molar-refractivity contribution is 6.30. The molecule has 2 rings (SSSR count). The normalized spacial score (nSPS) is 22.2. The first-order chi connectivity index (χ1) is 10.1. The Kier molecular flexibility index (Phi) is 6.00. The van der Waals surface area contributed by atoms with Gasteiger partial charge in [-0.15, -0.1) is 0 Å². The van der Waals surface area contributed by atoms with Crippen molar-refractivity contribution >= 4 is 17.3 Å². The second-order valence-corrected chi connectivity index (χ2v) is 6.56. The summed E-state index contributed by atoms with van der Waals surface area (Å²) >= 11 is 5.81. The predicted molar refractivity (Wildman–Crippen MR) is 85.6 cm³/mol. The van der Waals surface area contributed by atoms with Gasteiger partial charge in [-0.05, 0) is 36.9 Å². The summed E-state index contributed by atoms with van der Waals surface area (Å²) in [5.74, 6) is 1.69. The van der Waals surface area contributed by atoms with E-state index in [2.05, 4.69) is 12.2 Å². The Morgan fingerprint density at radius 2 is 2.05 bits per heavy atom. The summed E-state index contributed by atoms with van der Waals surface area (Å²) < 4.78 is 0. The van der Waals surface area contributed by atoms with Crippen LogP contribution >= 0.6 is 11.6 Å². The maximum absolute atomic E-state index is 11.0. The van der Waals surface area contributed by atoms with Gasteiger partial charge in [-0.3, -0.25) is 10.1 Å². The van der Waals surface area contributed by atoms with E-state index in [1.54, 1.807) is 12.1 Å². The van der Waals surface area contributed by atoms with Crippen LogP contribution in [-0.2, 0) is 6.54 Å². The van der Waals surface area contributed by atoms with Crippen LogP contribution in [0.25, 0.3) is 0 Å². The summed E-state index contributed by atoms with van der Waals surface area (Å²) in [6.07, 6.45) is 6.49. The standard InChI is InChI=1S/C16H23ClN2O2/c1-12-2-4-13(5-3-12)8-9-18-11-14-6-7-15(17)10-16(14)19(20)21/h6-7,10,12-13,18H,2-5,8-9,11H2,1H3. The summed E-state index contributed by atoms with van der Waals surface area (Å²) in [5.41, 5.74) is 0.795. The van der Waals surface area contributed by atoms with Gasteiger partial charge in [0.1, 0.15) is 0 Å². The summed E-state index contributed by atoms with van der Waals surface area (Å²) in [6.45, 7) is 3.77. The first-order valence-electron chi connectivity index (χ1n) is 7.70. The molecule has 0 bridgehead atoms. The molecule has 0 spiro atoms. The van der Waals surface area contributed by atoms with Crippen LogP contribution < -0.4 is 5.32 Å². The Balaban J connectivity index is 1.77. The SMILES string of the molecule is CC1CCC(CCNCc2ccc(Cl)cc2[N+](=O)[O-])CC1. The molecule has 1 aromatic rings. The highest BCUT2D eigenvalue weighted by Crippen LogP contribution is 2.30. The van der Waals surface area contributed by atoms with E-state index >= 15 is 0 Å². The quantitative estimate of drug-likeness (QED) is 0.476. The van der Waals surface area contributed by atoms with Crippen molar-refractivity contribution in [1.82, 2.24) is 5.32 Å². The molecular weight excluding hydrogens is 288 g/mol. The Morgan fingerprint density at radius 3 is 2.71 bits per heavy atom. The summed E-state index contributed by atoms with van der Waals surface area (Å²) in [5, 5.41) is 14.7. The van der Waals surface area contributed by atoms with Crippen molar-refractivity contribution in [3.05, 3.63) is 38.9 Å². The highest BCUT2D eigenvalue weighted by atomic mass is 35.5. The molecule has 0 saturated heterocycles. The van der Waals surface area contributed by atoms with Crippen LogP contribution in [0.1, 0.15) is 44.6 Å². The van der Waals surface area contributed by atoms with E-state index < -0.39 is 0 Å². The van der Waals surface area contributed by atoms with Gasteiger partial charge in [0.2, 0.25) is 0 Å². The fraction of sp³-hybridized carbons (Fsp3) is 0.625. The van der Waals surface area contributed by atoms with Crippen LogP contribution in [-0.4, -0.2) is 11.5 Å². The third-order valence-electron chi connectivity index (χ3n) is 4.42. The molecule has 0 amide bonds. The monoisotopic (exact) mass is 310 g/mol. The summed E-state index contributed by atoms with van der Waals surface area (Å²) in [4.78, 5) is 10.6. The van der Waals surface area contributed by atoms with Gasteiger partial charge in [0.25, 0.3) is 5.69 Å². The van der Waals surface area contributed by atoms with E-state index in [-0.39, 0.29) is 10.6 Å². The minimum Gasteiger partial charge on any atom is -0.312 e. The molecule has 5 heteroatoms. The number of benzene rings is 1. The van der Waals surface area contributed by atoms with Crippen molar-refractivity contribution in [2.45, 2.75) is 45.6 Å². The lowest BCUT2D eigenvalue weighted by molar-refractivity contribution is -0.385. The van der Waals surface area contributed by atoms with E-state index in [1.807, 2.05) is 0 Å². The van der Waals surface area contributed by atoms with Crippen molar-refractivity contribution in [3.63, 3.8) is 0 Å².